The van der Waals surface area contributed by atoms with Crippen molar-refractivity contribution >= 4 is 26.0 Å². The molecular weight excluding hydrogens is 668 g/mol. The van der Waals surface area contributed by atoms with Crippen LogP contribution < -0.4 is 68.9 Å². The quantitative estimate of drug-likeness (QED) is 0.118. The van der Waals surface area contributed by atoms with Crippen molar-refractivity contribution in [1.29, 1.82) is 0 Å². The molecule has 0 aromatic heterocycles. The van der Waals surface area contributed by atoms with Gasteiger partial charge in [0.2, 0.25) is 0 Å². The van der Waals surface area contributed by atoms with Crippen LogP contribution in [0.15, 0.2) is 0 Å². The second-order valence-electron chi connectivity index (χ2n) is 1.47. The summed E-state index contributed by atoms with van der Waals surface area (Å²) >= 11 is 0. The van der Waals surface area contributed by atoms with Crippen LogP contribution in [0.5, 0.6) is 0 Å². The molecule has 0 unspecified atom stereocenters. The first-order chi connectivity index (χ1) is 5.71. The molecule has 38 heavy (non-hydrogen) atoms. The maximum atomic E-state index is 9.55. The van der Waals surface area contributed by atoms with Crippen LogP contribution in [-0.2, 0) is 23.8 Å². The van der Waals surface area contributed by atoms with E-state index in [1.165, 1.54) is 0 Å². The summed E-state index contributed by atoms with van der Waals surface area (Å²) in [4.78, 5) is 34.1. The van der Waals surface area contributed by atoms with E-state index in [4.69, 9.17) is 27.3 Å². The minimum Gasteiger partial charge on any atom is -0.789 e. The molecule has 48 N–H and O–H groups in total. The molecule has 0 amide bonds. The molecule has 0 aliphatic rings. The Hall–Kier alpha value is 1.25. The third kappa shape index (κ3) is 931. The molecule has 0 rings (SSSR count). The van der Waals surface area contributed by atoms with Gasteiger partial charge in [0.25, 0.3) is 0 Å². The van der Waals surface area contributed by atoms with Crippen LogP contribution in [0.3, 0.4) is 0 Å². The first-order valence-corrected chi connectivity index (χ1v) is 6.58. The van der Waals surface area contributed by atoms with Gasteiger partial charge < -0.3 is 145 Å². The van der Waals surface area contributed by atoms with E-state index in [2.05, 4.69) is 4.31 Å². The summed E-state index contributed by atoms with van der Waals surface area (Å²) in [5, 5.41) is 0. The van der Waals surface area contributed by atoms with Crippen LogP contribution in [0.1, 0.15) is 0 Å². The van der Waals surface area contributed by atoms with Crippen LogP contribution >= 0.6 is 15.6 Å². The van der Waals surface area contributed by atoms with Crippen LogP contribution in [0.4, 0.5) is 0 Å². The molecule has 0 spiro atoms. The molecule has 0 aliphatic carbocycles. The number of phosphoric acid groups is 2. The molecule has 0 bridgehead atoms. The summed E-state index contributed by atoms with van der Waals surface area (Å²) in [7, 11) is -15.4. The van der Waals surface area contributed by atoms with Crippen molar-refractivity contribution in [3.8, 4) is 0 Å². The third-order valence-corrected chi connectivity index (χ3v) is 1.86. The molecule has 264 valence electrons. The predicted molar refractivity (Wildman–Crippen MR) is 114 cm³/mol. The molecule has 0 aliphatic heterocycles. The van der Waals surface area contributed by atoms with Crippen molar-refractivity contribution in [1.82, 2.24) is 0 Å². The summed E-state index contributed by atoms with van der Waals surface area (Å²) in [6.07, 6.45) is 0. The summed E-state index contributed by atoms with van der Waals surface area (Å²) in [6, 6.07) is 0. The maximum absolute atomic E-state index is 9.55. The van der Waals surface area contributed by atoms with Crippen LogP contribution in [0.25, 0.3) is 0 Å². The van der Waals surface area contributed by atoms with Gasteiger partial charge in [0.05, 0.1) is 7.82 Å². The summed E-state index contributed by atoms with van der Waals surface area (Å²) in [6.45, 7) is 0. The first kappa shape index (κ1) is 327. The van der Waals surface area contributed by atoms with Crippen molar-refractivity contribution in [3.05, 3.63) is 0 Å². The van der Waals surface area contributed by atoms with E-state index >= 15 is 0 Å². The number of rotatable bonds is 2. The topological polar surface area (TPSA) is 898 Å². The Balaban J connectivity index is -0.00000000199. The Morgan fingerprint density at radius 3 is 0.526 bits per heavy atom. The zero-order chi connectivity index (χ0) is 12.2. The number of hydrogen-bond donors (Lipinski definition) is 4. The van der Waals surface area contributed by atoms with E-state index in [0.717, 1.165) is 0 Å². The van der Waals surface area contributed by atoms with E-state index in [-0.39, 0.29) is 180 Å². The predicted octanol–water partition coefficient (Wildman–Crippen LogP) is -26.9. The van der Waals surface area contributed by atoms with E-state index in [1.807, 2.05) is 0 Å². The van der Waals surface area contributed by atoms with Gasteiger partial charge in [-0.2, -0.15) is 8.42 Å². The van der Waals surface area contributed by atoms with E-state index < -0.39 is 26.0 Å². The fourth-order valence-electron chi connectivity index (χ4n) is 0.130. The maximum Gasteiger partial charge on any atom is 1.00 e. The molecule has 38 heteroatoms. The van der Waals surface area contributed by atoms with Crippen LogP contribution in [0, 0.1) is 0 Å². The van der Waals surface area contributed by atoms with Gasteiger partial charge >= 0.3 is 77.3 Å². The van der Waals surface area contributed by atoms with E-state index in [0.29, 0.717) is 0 Å². The molecule has 0 fully saturated rings. The normalized spacial score (nSPS) is 4.79. The molecule has 0 saturated heterocycles. The molecule has 33 nitrogen and oxygen atoms in total. The molecule has 0 heterocycles. The van der Waals surface area contributed by atoms with E-state index in [9.17, 15) is 18.9 Å². The second kappa shape index (κ2) is 129. The fraction of sp³-hybridized carbons (Fsp3) is 0. The Morgan fingerprint density at radius 1 is 0.447 bits per heavy atom. The SMILES string of the molecule is O.O.O.O.O.O.O.O.O.O.O.O.O.O.O.O.O.O.O.O.O.O.O=P([O-])([O-])OP(=O)(O)O.O=S(=O)(O)O.[Na+].[Na+]. The van der Waals surface area contributed by atoms with Gasteiger partial charge in [-0.1, -0.05) is 0 Å². The van der Waals surface area contributed by atoms with Crippen molar-refractivity contribution < 1.29 is 230 Å². The van der Waals surface area contributed by atoms with Gasteiger partial charge in [0, 0.05) is 0 Å². The standard InChI is InChI=1S/2Na.H4O7P2.H2O4S.22H2O/c;;1-8(2,3)7-9(4,5)6;1-5(2,3)4;;;;;;;;;;;;;;;;;;;;;;/h;;(H2,1,2,3)(H2,4,5,6);(H2,1,2,3,4);22*1H2/q2*+1;;;;;;;;;;;;;;;;;;;;;;;;/p-2. The molecule has 0 aromatic carbocycles. The third-order valence-electron chi connectivity index (χ3n) is 0.206. The Kier molecular flexibility index (Phi) is 1110. The first-order valence-electron chi connectivity index (χ1n) is 2.19. The number of hydrogen-bond acceptors (Lipinski definition) is 7. The molecule has 0 atom stereocenters. The van der Waals surface area contributed by atoms with Crippen molar-refractivity contribution in [2.24, 2.45) is 0 Å². The van der Waals surface area contributed by atoms with Crippen molar-refractivity contribution in [2.75, 3.05) is 0 Å². The molecular formula is H48Na2O33P2S. The summed E-state index contributed by atoms with van der Waals surface area (Å²) in [5.74, 6) is 0. The smallest absolute Gasteiger partial charge is 0.789 e. The Labute approximate surface area is 255 Å². The molecule has 0 aromatic rings. The Morgan fingerprint density at radius 2 is 0.526 bits per heavy atom. The van der Waals surface area contributed by atoms with Crippen molar-refractivity contribution in [2.45, 2.75) is 0 Å². The van der Waals surface area contributed by atoms with Crippen molar-refractivity contribution in [3.63, 3.8) is 0 Å². The largest absolute Gasteiger partial charge is 1.00 e. The summed E-state index contributed by atoms with van der Waals surface area (Å²) in [5.41, 5.74) is 0. The van der Waals surface area contributed by atoms with Gasteiger partial charge in [-0.05, 0) is 0 Å². The zero-order valence-corrected chi connectivity index (χ0v) is 25.6. The minimum atomic E-state index is -5.55. The minimum absolute atomic E-state index is 0. The zero-order valence-electron chi connectivity index (χ0n) is 18.9. The second-order valence-corrected chi connectivity index (χ2v) is 4.89. The van der Waals surface area contributed by atoms with Crippen LogP contribution in [-0.4, -0.2) is 148 Å². The molecule has 0 saturated carbocycles. The monoisotopic (exact) mass is 716 g/mol. The van der Waals surface area contributed by atoms with Gasteiger partial charge in [-0.25, -0.2) is 4.57 Å². The van der Waals surface area contributed by atoms with Gasteiger partial charge in [0.1, 0.15) is 0 Å². The molecule has 0 radical (unpaired) electrons. The summed E-state index contributed by atoms with van der Waals surface area (Å²) < 4.78 is 53.3. The van der Waals surface area contributed by atoms with E-state index in [1.54, 1.807) is 0 Å². The van der Waals surface area contributed by atoms with Gasteiger partial charge in [0.15, 0.2) is 0 Å². The van der Waals surface area contributed by atoms with Crippen LogP contribution in [0.2, 0.25) is 0 Å². The van der Waals surface area contributed by atoms with Gasteiger partial charge in [-0.3, -0.25) is 13.4 Å². The van der Waals surface area contributed by atoms with Gasteiger partial charge in [-0.15, -0.1) is 0 Å². The Bertz CT molecular complexity index is 323. The average Bonchev–Trinajstić information content (AvgIpc) is 1.42. The average molecular weight is 716 g/mol. The fourth-order valence-corrected chi connectivity index (χ4v) is 1.17.